The second kappa shape index (κ2) is 7.08. The van der Waals surface area contributed by atoms with Gasteiger partial charge >= 0.3 is 5.69 Å². The van der Waals surface area contributed by atoms with Crippen LogP contribution in [0.1, 0.15) is 20.8 Å². The lowest BCUT2D eigenvalue weighted by atomic mass is 10.2. The van der Waals surface area contributed by atoms with E-state index in [0.29, 0.717) is 16.3 Å². The van der Waals surface area contributed by atoms with Gasteiger partial charge in [-0.15, -0.1) is 11.3 Å². The molecule has 0 radical (unpaired) electrons. The van der Waals surface area contributed by atoms with Gasteiger partial charge in [-0.1, -0.05) is 23.7 Å². The predicted molar refractivity (Wildman–Crippen MR) is 98.9 cm³/mol. The SMILES string of the molecule is Cc1c(Cl)cccc1NC(=O)c1c[nH]c(=O)n(Cc2cccs2)c1=O. The molecular weight excluding hydrogens is 362 g/mol. The molecule has 0 aliphatic heterocycles. The summed E-state index contributed by atoms with van der Waals surface area (Å²) in [6, 6.07) is 8.75. The zero-order valence-electron chi connectivity index (χ0n) is 13.2. The molecule has 128 valence electrons. The van der Waals surface area contributed by atoms with E-state index in [2.05, 4.69) is 10.3 Å². The van der Waals surface area contributed by atoms with Crippen molar-refractivity contribution in [3.05, 3.63) is 83.8 Å². The van der Waals surface area contributed by atoms with E-state index >= 15 is 0 Å². The summed E-state index contributed by atoms with van der Waals surface area (Å²) in [6.07, 6.45) is 1.13. The standard InChI is InChI=1S/C17H14ClN3O3S/c1-10-13(18)5-2-6-14(10)20-15(22)12-8-19-17(24)21(16(12)23)9-11-4-3-7-25-11/h2-8H,9H2,1H3,(H,19,24)(H,20,22). The fourth-order valence-electron chi connectivity index (χ4n) is 2.31. The molecule has 0 saturated carbocycles. The minimum absolute atomic E-state index is 0.114. The molecule has 2 heterocycles. The van der Waals surface area contributed by atoms with Crippen LogP contribution in [0.3, 0.4) is 0 Å². The zero-order chi connectivity index (χ0) is 18.0. The van der Waals surface area contributed by atoms with Gasteiger partial charge in [-0.05, 0) is 36.1 Å². The Balaban J connectivity index is 1.94. The van der Waals surface area contributed by atoms with E-state index < -0.39 is 17.2 Å². The number of anilines is 1. The van der Waals surface area contributed by atoms with Crippen LogP contribution in [0, 0.1) is 6.92 Å². The highest BCUT2D eigenvalue weighted by Gasteiger charge is 2.16. The molecule has 1 amide bonds. The Hall–Kier alpha value is -2.64. The van der Waals surface area contributed by atoms with Gasteiger partial charge in [-0.2, -0.15) is 0 Å². The predicted octanol–water partition coefficient (Wildman–Crippen LogP) is 2.86. The average molecular weight is 376 g/mol. The van der Waals surface area contributed by atoms with Gasteiger partial charge in [0.25, 0.3) is 11.5 Å². The maximum atomic E-state index is 12.6. The third-order valence-electron chi connectivity index (χ3n) is 3.72. The molecule has 0 aliphatic carbocycles. The molecule has 0 aliphatic rings. The van der Waals surface area contributed by atoms with E-state index in [4.69, 9.17) is 11.6 Å². The Kier molecular flexibility index (Phi) is 4.87. The van der Waals surface area contributed by atoms with Gasteiger partial charge in [0.15, 0.2) is 0 Å². The Morgan fingerprint density at radius 1 is 1.28 bits per heavy atom. The van der Waals surface area contributed by atoms with Crippen LogP contribution in [-0.2, 0) is 6.54 Å². The van der Waals surface area contributed by atoms with E-state index in [9.17, 15) is 14.4 Å². The van der Waals surface area contributed by atoms with E-state index in [0.717, 1.165) is 15.6 Å². The summed E-state index contributed by atoms with van der Waals surface area (Å²) in [5, 5.41) is 5.02. The van der Waals surface area contributed by atoms with Gasteiger partial charge < -0.3 is 10.3 Å². The second-order valence-corrected chi connectivity index (χ2v) is 6.78. The molecule has 0 saturated heterocycles. The number of hydrogen-bond acceptors (Lipinski definition) is 4. The van der Waals surface area contributed by atoms with E-state index in [1.807, 2.05) is 17.5 Å². The fraction of sp³-hybridized carbons (Fsp3) is 0.118. The van der Waals surface area contributed by atoms with Gasteiger partial charge in [-0.3, -0.25) is 14.2 Å². The molecule has 0 spiro atoms. The highest BCUT2D eigenvalue weighted by atomic mass is 35.5. The minimum atomic E-state index is -0.644. The zero-order valence-corrected chi connectivity index (χ0v) is 14.8. The first-order valence-corrected chi connectivity index (χ1v) is 8.64. The van der Waals surface area contributed by atoms with Crippen LogP contribution in [0.15, 0.2) is 51.5 Å². The molecule has 1 aromatic carbocycles. The monoisotopic (exact) mass is 375 g/mol. The number of aromatic amines is 1. The first-order valence-electron chi connectivity index (χ1n) is 7.38. The van der Waals surface area contributed by atoms with Crippen LogP contribution < -0.4 is 16.6 Å². The Morgan fingerprint density at radius 2 is 2.08 bits per heavy atom. The van der Waals surface area contributed by atoms with Crippen molar-refractivity contribution in [3.8, 4) is 0 Å². The smallest absolute Gasteiger partial charge is 0.321 e. The number of benzene rings is 1. The lowest BCUT2D eigenvalue weighted by molar-refractivity contribution is 0.102. The van der Waals surface area contributed by atoms with E-state index in [1.165, 1.54) is 11.3 Å². The number of thiophene rings is 1. The number of amides is 1. The van der Waals surface area contributed by atoms with Crippen molar-refractivity contribution in [2.45, 2.75) is 13.5 Å². The molecule has 2 aromatic heterocycles. The van der Waals surface area contributed by atoms with Crippen LogP contribution in [0.4, 0.5) is 5.69 Å². The second-order valence-electron chi connectivity index (χ2n) is 5.34. The van der Waals surface area contributed by atoms with Gasteiger partial charge in [0.1, 0.15) is 5.56 Å². The molecule has 3 aromatic rings. The summed E-state index contributed by atoms with van der Waals surface area (Å²) in [5.41, 5.74) is -0.146. The molecular formula is C17H14ClN3O3S. The topological polar surface area (TPSA) is 84.0 Å². The number of H-pyrrole nitrogens is 1. The number of carbonyl (C=O) groups excluding carboxylic acids is 1. The number of rotatable bonds is 4. The van der Waals surface area contributed by atoms with Crippen molar-refractivity contribution < 1.29 is 4.79 Å². The van der Waals surface area contributed by atoms with Crippen LogP contribution in [0.2, 0.25) is 5.02 Å². The van der Waals surface area contributed by atoms with Gasteiger partial charge in [0, 0.05) is 21.8 Å². The first kappa shape index (κ1) is 17.2. The number of hydrogen-bond donors (Lipinski definition) is 2. The molecule has 2 N–H and O–H groups in total. The maximum Gasteiger partial charge on any atom is 0.328 e. The lowest BCUT2D eigenvalue weighted by Gasteiger charge is -2.10. The van der Waals surface area contributed by atoms with Crippen molar-refractivity contribution >= 4 is 34.5 Å². The summed E-state index contributed by atoms with van der Waals surface area (Å²) >= 11 is 7.46. The first-order chi connectivity index (χ1) is 12.0. The molecule has 0 unspecified atom stereocenters. The number of halogens is 1. The van der Waals surface area contributed by atoms with Gasteiger partial charge in [-0.25, -0.2) is 4.79 Å². The lowest BCUT2D eigenvalue weighted by Crippen LogP contribution is -2.39. The van der Waals surface area contributed by atoms with Crippen LogP contribution in [0.25, 0.3) is 0 Å². The molecule has 0 atom stereocenters. The van der Waals surface area contributed by atoms with Gasteiger partial charge in [0.05, 0.1) is 6.54 Å². The summed E-state index contributed by atoms with van der Waals surface area (Å²) in [4.78, 5) is 40.3. The van der Waals surface area contributed by atoms with Crippen molar-refractivity contribution in [1.82, 2.24) is 9.55 Å². The number of aromatic nitrogens is 2. The minimum Gasteiger partial charge on any atom is -0.321 e. The highest BCUT2D eigenvalue weighted by Crippen LogP contribution is 2.23. The van der Waals surface area contributed by atoms with Gasteiger partial charge in [0.2, 0.25) is 0 Å². The maximum absolute atomic E-state index is 12.6. The third-order valence-corrected chi connectivity index (χ3v) is 4.99. The number of nitrogens with zero attached hydrogens (tertiary/aromatic N) is 1. The largest absolute Gasteiger partial charge is 0.328 e. The molecule has 6 nitrogen and oxygen atoms in total. The Labute approximate surface area is 151 Å². The molecule has 25 heavy (non-hydrogen) atoms. The summed E-state index contributed by atoms with van der Waals surface area (Å²) in [5.74, 6) is -0.605. The quantitative estimate of drug-likeness (QED) is 0.735. The summed E-state index contributed by atoms with van der Waals surface area (Å²) < 4.78 is 1.01. The number of carbonyl (C=O) groups is 1. The molecule has 0 fully saturated rings. The summed E-state index contributed by atoms with van der Waals surface area (Å²) in [7, 11) is 0. The molecule has 8 heteroatoms. The normalized spacial score (nSPS) is 10.6. The Morgan fingerprint density at radius 3 is 2.80 bits per heavy atom. The van der Waals surface area contributed by atoms with Crippen LogP contribution in [-0.4, -0.2) is 15.5 Å². The van der Waals surface area contributed by atoms with Crippen molar-refractivity contribution in [1.29, 1.82) is 0 Å². The fourth-order valence-corrected chi connectivity index (χ4v) is 3.18. The highest BCUT2D eigenvalue weighted by molar-refractivity contribution is 7.09. The van der Waals surface area contributed by atoms with Crippen molar-refractivity contribution in [3.63, 3.8) is 0 Å². The van der Waals surface area contributed by atoms with Crippen LogP contribution in [0.5, 0.6) is 0 Å². The van der Waals surface area contributed by atoms with Crippen LogP contribution >= 0.6 is 22.9 Å². The van der Waals surface area contributed by atoms with Crippen molar-refractivity contribution in [2.75, 3.05) is 5.32 Å². The Bertz CT molecular complexity index is 1040. The van der Waals surface area contributed by atoms with E-state index in [-0.39, 0.29) is 12.1 Å². The molecule has 0 bridgehead atoms. The molecule has 3 rings (SSSR count). The van der Waals surface area contributed by atoms with Crippen molar-refractivity contribution in [2.24, 2.45) is 0 Å². The van der Waals surface area contributed by atoms with E-state index in [1.54, 1.807) is 25.1 Å². The third kappa shape index (κ3) is 3.57. The average Bonchev–Trinajstić information content (AvgIpc) is 3.09. The number of nitrogens with one attached hydrogen (secondary N) is 2. The summed E-state index contributed by atoms with van der Waals surface area (Å²) in [6.45, 7) is 1.88.